The van der Waals surface area contributed by atoms with Gasteiger partial charge < -0.3 is 0 Å². The van der Waals surface area contributed by atoms with Gasteiger partial charge in [-0.3, -0.25) is 5.10 Å². The molecule has 12 heavy (non-hydrogen) atoms. The summed E-state index contributed by atoms with van der Waals surface area (Å²) in [6, 6.07) is 0. The summed E-state index contributed by atoms with van der Waals surface area (Å²) in [4.78, 5) is 0. The van der Waals surface area contributed by atoms with Crippen LogP contribution in [-0.4, -0.2) is 10.2 Å². The van der Waals surface area contributed by atoms with Gasteiger partial charge in [0.1, 0.15) is 0 Å². The Morgan fingerprint density at radius 2 is 1.42 bits per heavy atom. The molecule has 2 nitrogen and oxygen atoms in total. The third-order valence-electron chi connectivity index (χ3n) is 0.635. The average Bonchev–Trinajstić information content (AvgIpc) is 2.66. The van der Waals surface area contributed by atoms with Crippen molar-refractivity contribution >= 4 is 0 Å². The smallest absolute Gasteiger partial charge is 0.0516 e. The Morgan fingerprint density at radius 3 is 1.50 bits per heavy atom. The largest absolute Gasteiger partial charge is 0.285 e. The maximum atomic E-state index is 3.70. The molecule has 0 unspecified atom stereocenters. The number of nitrogens with one attached hydrogen (secondary N) is 1. The molecule has 1 heterocycles. The van der Waals surface area contributed by atoms with Gasteiger partial charge >= 0.3 is 0 Å². The van der Waals surface area contributed by atoms with E-state index < -0.39 is 0 Å². The molecule has 1 aromatic heterocycles. The van der Waals surface area contributed by atoms with E-state index in [1.54, 1.807) is 6.20 Å². The minimum Gasteiger partial charge on any atom is -0.285 e. The van der Waals surface area contributed by atoms with Gasteiger partial charge in [-0.2, -0.15) is 5.10 Å². The molecule has 0 atom stereocenters. The zero-order chi connectivity index (χ0) is 10.4. The minimum atomic E-state index is 1.18. The summed E-state index contributed by atoms with van der Waals surface area (Å²) in [5.41, 5.74) is 1.18. The van der Waals surface area contributed by atoms with Crippen LogP contribution in [0.1, 0.15) is 47.1 Å². The fourth-order valence-electron chi connectivity index (χ4n) is 0.315. The normalized spacial score (nSPS) is 5.92. The first-order valence-corrected chi connectivity index (χ1v) is 4.85. The van der Waals surface area contributed by atoms with Crippen LogP contribution in [0.25, 0.3) is 0 Å². The van der Waals surface area contributed by atoms with Crippen LogP contribution in [0.3, 0.4) is 0 Å². The van der Waals surface area contributed by atoms with E-state index in [1.807, 2.05) is 54.7 Å². The van der Waals surface area contributed by atoms with Gasteiger partial charge in [0.05, 0.1) is 6.20 Å². The fourth-order valence-corrected chi connectivity index (χ4v) is 0.315. The number of nitrogens with zero attached hydrogens (tertiary/aromatic N) is 1. The molecule has 0 aliphatic carbocycles. The first-order valence-electron chi connectivity index (χ1n) is 4.85. The van der Waals surface area contributed by atoms with Crippen LogP contribution in [0.4, 0.5) is 0 Å². The molecule has 0 spiro atoms. The van der Waals surface area contributed by atoms with Gasteiger partial charge in [-0.25, -0.2) is 0 Å². The van der Waals surface area contributed by atoms with Crippen molar-refractivity contribution in [3.8, 4) is 0 Å². The molecule has 0 amide bonds. The average molecular weight is 172 g/mol. The first kappa shape index (κ1) is 17.3. The molecule has 1 N–H and O–H groups in total. The fraction of sp³-hybridized carbons (Fsp3) is 0.700. The van der Waals surface area contributed by atoms with Gasteiger partial charge in [-0.05, 0) is 12.5 Å². The Hall–Kier alpha value is -0.790. The highest BCUT2D eigenvalue weighted by Gasteiger charge is 1.74. The molecule has 0 aliphatic rings. The minimum absolute atomic E-state index is 1.18. The monoisotopic (exact) mass is 172 g/mol. The second-order valence-corrected chi connectivity index (χ2v) is 1.28. The molecular weight excluding hydrogens is 148 g/mol. The van der Waals surface area contributed by atoms with Crippen LogP contribution in [-0.2, 0) is 0 Å². The Bertz CT molecular complexity index is 111. The quantitative estimate of drug-likeness (QED) is 0.633. The number of hydrogen-bond donors (Lipinski definition) is 1. The van der Waals surface area contributed by atoms with Crippen LogP contribution in [0.5, 0.6) is 0 Å². The van der Waals surface area contributed by atoms with E-state index >= 15 is 0 Å². The Morgan fingerprint density at radius 1 is 1.00 bits per heavy atom. The Labute approximate surface area is 77.4 Å². The van der Waals surface area contributed by atoms with E-state index in [9.17, 15) is 0 Å². The summed E-state index contributed by atoms with van der Waals surface area (Å²) >= 11 is 0. The lowest BCUT2D eigenvalue weighted by Crippen LogP contribution is -1.53. The standard InChI is InChI=1S/C4H6N2.3C2H6/c1-4-2-5-6-3-4;3*1-2/h2-3H,1H3,(H,5,6);3*1-2H3. The maximum absolute atomic E-state index is 3.70. The highest BCUT2D eigenvalue weighted by molar-refractivity contribution is 4.96. The highest BCUT2D eigenvalue weighted by Crippen LogP contribution is 1.84. The number of hydrogen-bond acceptors (Lipinski definition) is 1. The van der Waals surface area contributed by atoms with Crippen molar-refractivity contribution in [3.63, 3.8) is 0 Å². The number of aromatic amines is 1. The van der Waals surface area contributed by atoms with Gasteiger partial charge in [0.2, 0.25) is 0 Å². The van der Waals surface area contributed by atoms with Crippen LogP contribution in [0, 0.1) is 6.92 Å². The molecule has 0 saturated carbocycles. The topological polar surface area (TPSA) is 28.7 Å². The number of aromatic nitrogens is 2. The van der Waals surface area contributed by atoms with Gasteiger partial charge in [0.25, 0.3) is 0 Å². The summed E-state index contributed by atoms with van der Waals surface area (Å²) in [6.07, 6.45) is 3.62. The SMILES string of the molecule is CC.CC.CC.Cc1cn[nH]c1. The number of rotatable bonds is 0. The summed E-state index contributed by atoms with van der Waals surface area (Å²) < 4.78 is 0. The summed E-state index contributed by atoms with van der Waals surface area (Å²) in [5.74, 6) is 0. The van der Waals surface area contributed by atoms with Crippen molar-refractivity contribution in [2.45, 2.75) is 48.5 Å². The number of aryl methyl sites for hydroxylation is 1. The van der Waals surface area contributed by atoms with E-state index in [0.717, 1.165) is 0 Å². The lowest BCUT2D eigenvalue weighted by atomic mass is 10.4. The predicted molar refractivity (Wildman–Crippen MR) is 57.4 cm³/mol. The zero-order valence-electron chi connectivity index (χ0n) is 9.60. The Kier molecular flexibility index (Phi) is 32.4. The van der Waals surface area contributed by atoms with Gasteiger partial charge in [0, 0.05) is 6.20 Å². The third kappa shape index (κ3) is 16.1. The van der Waals surface area contributed by atoms with E-state index in [2.05, 4.69) is 10.2 Å². The van der Waals surface area contributed by atoms with E-state index in [4.69, 9.17) is 0 Å². The first-order chi connectivity index (χ1) is 5.89. The van der Waals surface area contributed by atoms with Crippen LogP contribution >= 0.6 is 0 Å². The van der Waals surface area contributed by atoms with Crippen molar-refractivity contribution in [3.05, 3.63) is 18.0 Å². The molecule has 0 bridgehead atoms. The van der Waals surface area contributed by atoms with Crippen molar-refractivity contribution in [1.82, 2.24) is 10.2 Å². The molecule has 0 aliphatic heterocycles. The molecule has 1 rings (SSSR count). The Balaban J connectivity index is -0.000000117. The third-order valence-corrected chi connectivity index (χ3v) is 0.635. The molecule has 0 saturated heterocycles. The predicted octanol–water partition coefficient (Wildman–Crippen LogP) is 3.80. The van der Waals surface area contributed by atoms with Crippen molar-refractivity contribution in [2.24, 2.45) is 0 Å². The van der Waals surface area contributed by atoms with Crippen LogP contribution in [0.2, 0.25) is 0 Å². The molecule has 0 aromatic carbocycles. The summed E-state index contributed by atoms with van der Waals surface area (Å²) in [6.45, 7) is 14.0. The highest BCUT2D eigenvalue weighted by atomic mass is 15.1. The van der Waals surface area contributed by atoms with Crippen LogP contribution < -0.4 is 0 Å². The second kappa shape index (κ2) is 22.5. The van der Waals surface area contributed by atoms with Crippen molar-refractivity contribution < 1.29 is 0 Å². The van der Waals surface area contributed by atoms with Gasteiger partial charge in [0.15, 0.2) is 0 Å². The van der Waals surface area contributed by atoms with E-state index in [1.165, 1.54) is 5.56 Å². The number of H-pyrrole nitrogens is 1. The van der Waals surface area contributed by atoms with Crippen LogP contribution in [0.15, 0.2) is 12.4 Å². The van der Waals surface area contributed by atoms with Crippen molar-refractivity contribution in [1.29, 1.82) is 0 Å². The molecular formula is C10H24N2. The molecule has 2 heteroatoms. The van der Waals surface area contributed by atoms with Gasteiger partial charge in [-0.15, -0.1) is 0 Å². The lowest BCUT2D eigenvalue weighted by molar-refractivity contribution is 1.09. The lowest BCUT2D eigenvalue weighted by Gasteiger charge is -1.62. The second-order valence-electron chi connectivity index (χ2n) is 1.28. The maximum Gasteiger partial charge on any atom is 0.0516 e. The molecule has 74 valence electrons. The summed E-state index contributed by atoms with van der Waals surface area (Å²) in [5, 5.41) is 6.38. The molecule has 1 aromatic rings. The van der Waals surface area contributed by atoms with Crippen molar-refractivity contribution in [2.75, 3.05) is 0 Å². The van der Waals surface area contributed by atoms with Gasteiger partial charge in [-0.1, -0.05) is 41.5 Å². The van der Waals surface area contributed by atoms with E-state index in [-0.39, 0.29) is 0 Å². The molecule has 0 fully saturated rings. The molecule has 0 radical (unpaired) electrons. The summed E-state index contributed by atoms with van der Waals surface area (Å²) in [7, 11) is 0. The zero-order valence-corrected chi connectivity index (χ0v) is 9.60. The van der Waals surface area contributed by atoms with E-state index in [0.29, 0.717) is 0 Å².